The highest BCUT2D eigenvalue weighted by Crippen LogP contribution is 2.18. The molecule has 7 heteroatoms. The van der Waals surface area contributed by atoms with Gasteiger partial charge in [0.25, 0.3) is 5.91 Å². The van der Waals surface area contributed by atoms with E-state index >= 15 is 0 Å². The summed E-state index contributed by atoms with van der Waals surface area (Å²) in [5, 5.41) is 9.00. The molecule has 6 nitrogen and oxygen atoms in total. The van der Waals surface area contributed by atoms with Gasteiger partial charge in [-0.2, -0.15) is 0 Å². The Bertz CT molecular complexity index is 583. The van der Waals surface area contributed by atoms with Crippen LogP contribution in [0, 0.1) is 0 Å². The van der Waals surface area contributed by atoms with Gasteiger partial charge in [-0.15, -0.1) is 0 Å². The van der Waals surface area contributed by atoms with Gasteiger partial charge in [0.1, 0.15) is 0 Å². The van der Waals surface area contributed by atoms with Crippen molar-refractivity contribution in [3.63, 3.8) is 0 Å². The first-order valence-corrected chi connectivity index (χ1v) is 7.40. The van der Waals surface area contributed by atoms with E-state index < -0.39 is 5.97 Å². The third-order valence-electron chi connectivity index (χ3n) is 3.58. The molecule has 118 valence electrons. The van der Waals surface area contributed by atoms with E-state index in [-0.39, 0.29) is 24.7 Å². The summed E-state index contributed by atoms with van der Waals surface area (Å²) in [4.78, 5) is 37.9. The van der Waals surface area contributed by atoms with Gasteiger partial charge in [0.15, 0.2) is 0 Å². The summed E-state index contributed by atoms with van der Waals surface area (Å²) in [7, 11) is 0. The van der Waals surface area contributed by atoms with Crippen molar-refractivity contribution in [2.45, 2.75) is 12.8 Å². The maximum absolute atomic E-state index is 12.4. The monoisotopic (exact) mass is 324 g/mol. The minimum absolute atomic E-state index is 0.00616. The number of hydrogen-bond donors (Lipinski definition) is 1. The van der Waals surface area contributed by atoms with Crippen LogP contribution in [-0.4, -0.2) is 58.9 Å². The number of carboxylic acids is 1. The molecule has 1 heterocycles. The maximum Gasteiger partial charge on any atom is 0.303 e. The van der Waals surface area contributed by atoms with E-state index in [4.69, 9.17) is 16.7 Å². The van der Waals surface area contributed by atoms with Crippen LogP contribution in [-0.2, 0) is 9.59 Å². The Kier molecular flexibility index (Phi) is 5.38. The molecular formula is C15H17ClN2O4. The number of carbonyl (C=O) groups excluding carboxylic acids is 2. The smallest absolute Gasteiger partial charge is 0.303 e. The van der Waals surface area contributed by atoms with Gasteiger partial charge in [-0.1, -0.05) is 23.7 Å². The Morgan fingerprint density at radius 2 is 1.59 bits per heavy atom. The summed E-state index contributed by atoms with van der Waals surface area (Å²) >= 11 is 6.02. The summed E-state index contributed by atoms with van der Waals surface area (Å²) in [5.74, 6) is -1.32. The second-order valence-electron chi connectivity index (χ2n) is 5.05. The van der Waals surface area contributed by atoms with Crippen molar-refractivity contribution in [3.05, 3.63) is 34.9 Å². The second kappa shape index (κ2) is 7.26. The average molecular weight is 325 g/mol. The van der Waals surface area contributed by atoms with Gasteiger partial charge in [-0.05, 0) is 12.1 Å². The lowest BCUT2D eigenvalue weighted by Crippen LogP contribution is -2.50. The van der Waals surface area contributed by atoms with Gasteiger partial charge in [0, 0.05) is 32.6 Å². The Morgan fingerprint density at radius 3 is 2.18 bits per heavy atom. The zero-order valence-electron chi connectivity index (χ0n) is 12.0. The Hall–Kier alpha value is -2.08. The van der Waals surface area contributed by atoms with Crippen molar-refractivity contribution in [1.82, 2.24) is 9.80 Å². The number of hydrogen-bond acceptors (Lipinski definition) is 3. The van der Waals surface area contributed by atoms with E-state index in [1.165, 1.54) is 0 Å². The summed E-state index contributed by atoms with van der Waals surface area (Å²) in [5.41, 5.74) is 0.454. The van der Waals surface area contributed by atoms with Crippen molar-refractivity contribution >= 4 is 29.4 Å². The fraction of sp³-hybridized carbons (Fsp3) is 0.400. The van der Waals surface area contributed by atoms with Gasteiger partial charge < -0.3 is 14.9 Å². The SMILES string of the molecule is O=C(O)CCC(=O)N1CCN(C(=O)c2ccccc2Cl)CC1. The minimum atomic E-state index is -0.985. The first kappa shape index (κ1) is 16.3. The lowest BCUT2D eigenvalue weighted by Gasteiger charge is -2.35. The fourth-order valence-electron chi connectivity index (χ4n) is 2.34. The van der Waals surface area contributed by atoms with E-state index in [1.807, 2.05) is 0 Å². The Balaban J connectivity index is 1.89. The van der Waals surface area contributed by atoms with Crippen molar-refractivity contribution in [1.29, 1.82) is 0 Å². The normalized spacial score (nSPS) is 14.8. The van der Waals surface area contributed by atoms with Gasteiger partial charge in [-0.25, -0.2) is 0 Å². The predicted octanol–water partition coefficient (Wildman–Crippen LogP) is 1.49. The molecule has 1 aliphatic heterocycles. The topological polar surface area (TPSA) is 77.9 Å². The van der Waals surface area contributed by atoms with Crippen LogP contribution >= 0.6 is 11.6 Å². The van der Waals surface area contributed by atoms with E-state index in [1.54, 1.807) is 34.1 Å². The number of piperazine rings is 1. The molecule has 0 aliphatic carbocycles. The quantitative estimate of drug-likeness (QED) is 0.910. The number of rotatable bonds is 4. The first-order chi connectivity index (χ1) is 10.5. The number of benzene rings is 1. The van der Waals surface area contributed by atoms with Crippen molar-refractivity contribution in [3.8, 4) is 0 Å². The number of carbonyl (C=O) groups is 3. The number of aliphatic carboxylic acids is 1. The highest BCUT2D eigenvalue weighted by atomic mass is 35.5. The van der Waals surface area contributed by atoms with Crippen molar-refractivity contribution in [2.24, 2.45) is 0 Å². The highest BCUT2D eigenvalue weighted by Gasteiger charge is 2.25. The average Bonchev–Trinajstić information content (AvgIpc) is 2.52. The van der Waals surface area contributed by atoms with E-state index in [0.29, 0.717) is 36.8 Å². The summed E-state index contributed by atoms with van der Waals surface area (Å²) in [6, 6.07) is 6.86. The van der Waals surface area contributed by atoms with Gasteiger partial charge in [0.05, 0.1) is 17.0 Å². The molecule has 0 atom stereocenters. The molecule has 1 saturated heterocycles. The van der Waals surface area contributed by atoms with Gasteiger partial charge in [0.2, 0.25) is 5.91 Å². The molecule has 0 spiro atoms. The number of carboxylic acid groups (broad SMARTS) is 1. The standard InChI is InChI=1S/C15H17ClN2O4/c16-12-4-2-1-3-11(12)15(22)18-9-7-17(8-10-18)13(19)5-6-14(20)21/h1-4H,5-10H2,(H,20,21). The van der Waals surface area contributed by atoms with Crippen LogP contribution < -0.4 is 0 Å². The summed E-state index contributed by atoms with van der Waals surface area (Å²) in [6.45, 7) is 1.66. The molecule has 0 radical (unpaired) electrons. The zero-order valence-corrected chi connectivity index (χ0v) is 12.8. The van der Waals surface area contributed by atoms with Crippen LogP contribution in [0.2, 0.25) is 5.02 Å². The van der Waals surface area contributed by atoms with Crippen LogP contribution in [0.4, 0.5) is 0 Å². The number of halogens is 1. The Labute approximate surface area is 133 Å². The largest absolute Gasteiger partial charge is 0.481 e. The molecule has 1 fully saturated rings. The number of nitrogens with zero attached hydrogens (tertiary/aromatic N) is 2. The molecule has 0 unspecified atom stereocenters. The van der Waals surface area contributed by atoms with Crippen LogP contribution in [0.3, 0.4) is 0 Å². The molecule has 1 aromatic rings. The van der Waals surface area contributed by atoms with Crippen molar-refractivity contribution in [2.75, 3.05) is 26.2 Å². The van der Waals surface area contributed by atoms with Gasteiger partial charge >= 0.3 is 5.97 Å². The first-order valence-electron chi connectivity index (χ1n) is 7.02. The highest BCUT2D eigenvalue weighted by molar-refractivity contribution is 6.33. The molecule has 1 aliphatic rings. The van der Waals surface area contributed by atoms with Crippen LogP contribution in [0.25, 0.3) is 0 Å². The fourth-order valence-corrected chi connectivity index (χ4v) is 2.55. The molecule has 0 bridgehead atoms. The van der Waals surface area contributed by atoms with Crippen molar-refractivity contribution < 1.29 is 19.5 Å². The molecule has 2 amide bonds. The lowest BCUT2D eigenvalue weighted by atomic mass is 10.1. The summed E-state index contributed by atoms with van der Waals surface area (Å²) < 4.78 is 0. The van der Waals surface area contributed by atoms with E-state index in [9.17, 15) is 14.4 Å². The molecule has 0 aromatic heterocycles. The molecular weight excluding hydrogens is 308 g/mol. The van der Waals surface area contributed by atoms with E-state index in [0.717, 1.165) is 0 Å². The Morgan fingerprint density at radius 1 is 1.00 bits per heavy atom. The summed E-state index contributed by atoms with van der Waals surface area (Å²) in [6.07, 6.45) is -0.175. The minimum Gasteiger partial charge on any atom is -0.481 e. The molecule has 22 heavy (non-hydrogen) atoms. The second-order valence-corrected chi connectivity index (χ2v) is 5.45. The van der Waals surface area contributed by atoms with E-state index in [2.05, 4.69) is 0 Å². The zero-order chi connectivity index (χ0) is 16.1. The molecule has 1 N–H and O–H groups in total. The number of amides is 2. The van der Waals surface area contributed by atoms with Crippen LogP contribution in [0.5, 0.6) is 0 Å². The van der Waals surface area contributed by atoms with Crippen LogP contribution in [0.1, 0.15) is 23.2 Å². The maximum atomic E-state index is 12.4. The molecule has 0 saturated carbocycles. The van der Waals surface area contributed by atoms with Crippen LogP contribution in [0.15, 0.2) is 24.3 Å². The predicted molar refractivity (Wildman–Crippen MR) is 80.8 cm³/mol. The molecule has 1 aromatic carbocycles. The van der Waals surface area contributed by atoms with Gasteiger partial charge in [-0.3, -0.25) is 14.4 Å². The third-order valence-corrected chi connectivity index (χ3v) is 3.91. The molecule has 2 rings (SSSR count). The lowest BCUT2D eigenvalue weighted by molar-refractivity contribution is -0.141. The third kappa shape index (κ3) is 3.98.